The summed E-state index contributed by atoms with van der Waals surface area (Å²) in [6.07, 6.45) is 1.12. The highest BCUT2D eigenvalue weighted by atomic mass is 127. The lowest BCUT2D eigenvalue weighted by molar-refractivity contribution is 0.572. The lowest BCUT2D eigenvalue weighted by Gasteiger charge is -2.08. The molecule has 0 fully saturated rings. The molecule has 0 aliphatic rings. The predicted octanol–water partition coefficient (Wildman–Crippen LogP) is 1.03. The molecule has 6 heteroatoms. The predicted molar refractivity (Wildman–Crippen MR) is 60.1 cm³/mol. The topological polar surface area (TPSA) is 70.0 Å². The van der Waals surface area contributed by atoms with Crippen LogP contribution in [0.4, 0.5) is 0 Å². The minimum absolute atomic E-state index is 0.329. The fourth-order valence-electron chi connectivity index (χ4n) is 0.762. The Kier molecular flexibility index (Phi) is 6.63. The first kappa shape index (κ1) is 13.1. The van der Waals surface area contributed by atoms with Crippen LogP contribution in [0.5, 0.6) is 0 Å². The summed E-state index contributed by atoms with van der Waals surface area (Å²) in [5.74, 6) is 0. The monoisotopic (exact) mass is 316 g/mol. The average molecular weight is 316 g/mol. The molecule has 76 valence electrons. The zero-order valence-corrected chi connectivity index (χ0v) is 10.4. The van der Waals surface area contributed by atoms with Gasteiger partial charge in [-0.15, -0.1) is 0 Å². The molecule has 0 saturated carbocycles. The molecule has 0 aliphatic heterocycles. The summed E-state index contributed by atoms with van der Waals surface area (Å²) < 4.78 is 26.0. The maximum Gasteiger partial charge on any atom is 0.227 e. The second-order valence-corrected chi connectivity index (χ2v) is 5.53. The molecule has 4 nitrogen and oxygen atoms in total. The van der Waals surface area contributed by atoms with Gasteiger partial charge in [0, 0.05) is 11.0 Å². The Balaban J connectivity index is 4.16. The van der Waals surface area contributed by atoms with E-state index >= 15 is 0 Å². The van der Waals surface area contributed by atoms with E-state index in [4.69, 9.17) is 5.26 Å². The normalized spacial score (nSPS) is 13.6. The van der Waals surface area contributed by atoms with Crippen molar-refractivity contribution in [1.29, 1.82) is 5.26 Å². The van der Waals surface area contributed by atoms with Crippen LogP contribution in [0, 0.1) is 11.3 Å². The Morgan fingerprint density at radius 3 is 2.62 bits per heavy atom. The van der Waals surface area contributed by atoms with Crippen molar-refractivity contribution in [2.45, 2.75) is 25.0 Å². The number of halogens is 1. The molecular formula is C7H13IN2O2S. The van der Waals surface area contributed by atoms with E-state index in [0.29, 0.717) is 13.0 Å². The van der Waals surface area contributed by atoms with Gasteiger partial charge in [0.2, 0.25) is 10.0 Å². The summed E-state index contributed by atoms with van der Waals surface area (Å²) in [6.45, 7) is 2.11. The van der Waals surface area contributed by atoms with Crippen LogP contribution in [-0.2, 0) is 10.0 Å². The van der Waals surface area contributed by atoms with Gasteiger partial charge in [-0.3, -0.25) is 0 Å². The van der Waals surface area contributed by atoms with Crippen LogP contribution in [0.3, 0.4) is 0 Å². The fraction of sp³-hybridized carbons (Fsp3) is 0.857. The van der Waals surface area contributed by atoms with Crippen LogP contribution in [0.2, 0.25) is 0 Å². The van der Waals surface area contributed by atoms with E-state index in [1.807, 2.05) is 0 Å². The Labute approximate surface area is 92.9 Å². The van der Waals surface area contributed by atoms with Crippen LogP contribution in [0.15, 0.2) is 0 Å². The maximum absolute atomic E-state index is 11.3. The molecule has 1 N–H and O–H groups in total. The third kappa shape index (κ3) is 4.78. The Hall–Kier alpha value is 0.130. The highest BCUT2D eigenvalue weighted by Gasteiger charge is 2.21. The second kappa shape index (κ2) is 6.56. The van der Waals surface area contributed by atoms with Crippen LogP contribution in [0.25, 0.3) is 0 Å². The number of hydrogen-bond donors (Lipinski definition) is 1. The van der Waals surface area contributed by atoms with E-state index in [1.54, 1.807) is 13.0 Å². The molecule has 0 aromatic heterocycles. The van der Waals surface area contributed by atoms with Crippen molar-refractivity contribution in [3.05, 3.63) is 0 Å². The number of nitrogens with one attached hydrogen (secondary N) is 1. The zero-order valence-electron chi connectivity index (χ0n) is 7.46. The van der Waals surface area contributed by atoms with E-state index in [0.717, 1.165) is 10.8 Å². The molecule has 0 saturated heterocycles. The standard InChI is InChI=1S/C7H13IN2O2S/c1-2-7(6-9)13(11,12)10-5-3-4-8/h7,10H,2-5H2,1H3. The minimum Gasteiger partial charge on any atom is -0.214 e. The number of hydrogen-bond acceptors (Lipinski definition) is 3. The van der Waals surface area contributed by atoms with Gasteiger partial charge >= 0.3 is 0 Å². The Bertz CT molecular complexity index is 271. The molecule has 0 heterocycles. The molecule has 0 radical (unpaired) electrons. The first-order chi connectivity index (χ1) is 6.08. The zero-order chi connectivity index (χ0) is 10.3. The van der Waals surface area contributed by atoms with Gasteiger partial charge in [-0.1, -0.05) is 29.5 Å². The molecule has 0 bridgehead atoms. The van der Waals surface area contributed by atoms with E-state index in [1.165, 1.54) is 0 Å². The van der Waals surface area contributed by atoms with Crippen LogP contribution < -0.4 is 4.72 Å². The molecule has 0 aromatic rings. The Morgan fingerprint density at radius 2 is 2.23 bits per heavy atom. The van der Waals surface area contributed by atoms with Crippen LogP contribution in [0.1, 0.15) is 19.8 Å². The second-order valence-electron chi connectivity index (χ2n) is 2.51. The molecule has 1 atom stereocenters. The molecule has 1 unspecified atom stereocenters. The fourth-order valence-corrected chi connectivity index (χ4v) is 2.35. The van der Waals surface area contributed by atoms with Crippen molar-refractivity contribution in [3.8, 4) is 6.07 Å². The van der Waals surface area contributed by atoms with Gasteiger partial charge in [-0.25, -0.2) is 13.1 Å². The van der Waals surface area contributed by atoms with Gasteiger partial charge in [-0.05, 0) is 12.8 Å². The lowest BCUT2D eigenvalue weighted by atomic mass is 10.4. The molecule has 0 rings (SSSR count). The molecule has 0 aromatic carbocycles. The molecule has 13 heavy (non-hydrogen) atoms. The molecule has 0 aliphatic carbocycles. The number of rotatable bonds is 6. The summed E-state index contributed by atoms with van der Waals surface area (Å²) in [7, 11) is -3.41. The SMILES string of the molecule is CCC(C#N)S(=O)(=O)NCCCI. The summed E-state index contributed by atoms with van der Waals surface area (Å²) in [4.78, 5) is 0. The van der Waals surface area contributed by atoms with E-state index in [9.17, 15) is 8.42 Å². The van der Waals surface area contributed by atoms with Crippen molar-refractivity contribution in [3.63, 3.8) is 0 Å². The third-order valence-corrected chi connectivity index (χ3v) is 4.06. The van der Waals surface area contributed by atoms with Gasteiger partial charge in [-0.2, -0.15) is 5.26 Å². The first-order valence-corrected chi connectivity index (χ1v) is 7.09. The van der Waals surface area contributed by atoms with Crippen molar-refractivity contribution < 1.29 is 8.42 Å². The minimum atomic E-state index is -3.41. The highest BCUT2D eigenvalue weighted by Crippen LogP contribution is 2.02. The van der Waals surface area contributed by atoms with Crippen molar-refractivity contribution in [2.75, 3.05) is 11.0 Å². The van der Waals surface area contributed by atoms with Crippen LogP contribution in [-0.4, -0.2) is 24.6 Å². The van der Waals surface area contributed by atoms with E-state index in [2.05, 4.69) is 27.3 Å². The van der Waals surface area contributed by atoms with Crippen LogP contribution >= 0.6 is 22.6 Å². The number of alkyl halides is 1. The molecular weight excluding hydrogens is 303 g/mol. The van der Waals surface area contributed by atoms with Crippen molar-refractivity contribution >= 4 is 32.6 Å². The summed E-state index contributed by atoms with van der Waals surface area (Å²) in [5, 5.41) is 7.63. The molecule has 0 amide bonds. The quantitative estimate of drug-likeness (QED) is 0.452. The Morgan fingerprint density at radius 1 is 1.62 bits per heavy atom. The van der Waals surface area contributed by atoms with Gasteiger partial charge in [0.25, 0.3) is 0 Å². The van der Waals surface area contributed by atoms with E-state index < -0.39 is 15.3 Å². The van der Waals surface area contributed by atoms with E-state index in [-0.39, 0.29) is 0 Å². The van der Waals surface area contributed by atoms with Gasteiger partial charge < -0.3 is 0 Å². The largest absolute Gasteiger partial charge is 0.227 e. The number of nitriles is 1. The average Bonchev–Trinajstić information content (AvgIpc) is 2.06. The summed E-state index contributed by atoms with van der Waals surface area (Å²) >= 11 is 2.18. The maximum atomic E-state index is 11.3. The summed E-state index contributed by atoms with van der Waals surface area (Å²) in [6, 6.07) is 1.77. The number of sulfonamides is 1. The van der Waals surface area contributed by atoms with Gasteiger partial charge in [0.15, 0.2) is 5.25 Å². The van der Waals surface area contributed by atoms with Gasteiger partial charge in [0.05, 0.1) is 6.07 Å². The van der Waals surface area contributed by atoms with Gasteiger partial charge in [0.1, 0.15) is 0 Å². The lowest BCUT2D eigenvalue weighted by Crippen LogP contribution is -2.33. The summed E-state index contributed by atoms with van der Waals surface area (Å²) in [5.41, 5.74) is 0. The highest BCUT2D eigenvalue weighted by molar-refractivity contribution is 14.1. The number of nitrogens with zero attached hydrogens (tertiary/aromatic N) is 1. The molecule has 0 spiro atoms. The smallest absolute Gasteiger partial charge is 0.214 e. The van der Waals surface area contributed by atoms with Crippen molar-refractivity contribution in [2.24, 2.45) is 0 Å². The third-order valence-electron chi connectivity index (χ3n) is 1.50. The first-order valence-electron chi connectivity index (χ1n) is 4.02. The van der Waals surface area contributed by atoms with Crippen molar-refractivity contribution in [1.82, 2.24) is 4.72 Å².